The molecule has 0 spiro atoms. The number of hydrogen-bond donors (Lipinski definition) is 0. The Kier molecular flexibility index (Phi) is 7.72. The van der Waals surface area contributed by atoms with Crippen molar-refractivity contribution in [1.29, 1.82) is 5.26 Å². The maximum atomic E-state index is 12.2. The Morgan fingerprint density at radius 3 is 2.56 bits per heavy atom. The number of nitrogens with zero attached hydrogens (tertiary/aromatic N) is 2. The van der Waals surface area contributed by atoms with E-state index in [1.807, 2.05) is 63.2 Å². The van der Waals surface area contributed by atoms with Gasteiger partial charge in [-0.25, -0.2) is 4.21 Å². The Bertz CT molecular complexity index is 932. The zero-order valence-electron chi connectivity index (χ0n) is 15.7. The molecule has 2 aromatic rings. The highest BCUT2D eigenvalue weighted by atomic mass is 32.2. The van der Waals surface area contributed by atoms with E-state index < -0.39 is 11.0 Å². The quantitative estimate of drug-likeness (QED) is 0.385. The second kappa shape index (κ2) is 10.2. The van der Waals surface area contributed by atoms with Crippen molar-refractivity contribution in [3.63, 3.8) is 0 Å². The van der Waals surface area contributed by atoms with E-state index in [0.29, 0.717) is 22.8 Å². The summed E-state index contributed by atoms with van der Waals surface area (Å²) in [4.78, 5) is 0.597. The Labute approximate surface area is 163 Å². The van der Waals surface area contributed by atoms with E-state index in [9.17, 15) is 9.47 Å². The standard InChI is InChI=1S/C22H22N2O2S/c1-17(2)12-13-26-22-7-5-4-6-20(22)14-19(15-23)16-24-27(25)21-10-8-18(3)9-11-21/h4-12,14,16H,13H2,1-3H3/b19-14+,24-16+/t27-/m0/s1. The molecule has 4 nitrogen and oxygen atoms in total. The lowest BCUT2D eigenvalue weighted by Gasteiger charge is -2.07. The van der Waals surface area contributed by atoms with Gasteiger partial charge in [-0.2, -0.15) is 9.66 Å². The zero-order chi connectivity index (χ0) is 19.6. The van der Waals surface area contributed by atoms with Crippen LogP contribution >= 0.6 is 0 Å². The van der Waals surface area contributed by atoms with Crippen molar-refractivity contribution in [1.82, 2.24) is 0 Å². The molecule has 0 unspecified atom stereocenters. The molecule has 5 heteroatoms. The molecule has 0 N–H and O–H groups in total. The molecule has 27 heavy (non-hydrogen) atoms. The SMILES string of the molecule is CC(C)=CCOc1ccccc1/C=C(C#N)/C=N/[S@@](=O)c1ccc(C)cc1. The summed E-state index contributed by atoms with van der Waals surface area (Å²) in [5, 5.41) is 9.39. The second-order valence-corrected chi connectivity index (χ2v) is 7.32. The van der Waals surface area contributed by atoms with Gasteiger partial charge in [0.05, 0.1) is 16.7 Å². The van der Waals surface area contributed by atoms with Gasteiger partial charge < -0.3 is 4.74 Å². The van der Waals surface area contributed by atoms with Crippen LogP contribution in [0.25, 0.3) is 6.08 Å². The van der Waals surface area contributed by atoms with Gasteiger partial charge in [0.15, 0.2) is 11.0 Å². The third kappa shape index (κ3) is 6.69. The van der Waals surface area contributed by atoms with Gasteiger partial charge in [0.1, 0.15) is 18.4 Å². The lowest BCUT2D eigenvalue weighted by molar-refractivity contribution is 0.361. The molecule has 0 heterocycles. The molecule has 0 saturated carbocycles. The van der Waals surface area contributed by atoms with Crippen molar-refractivity contribution >= 4 is 23.3 Å². The highest BCUT2D eigenvalue weighted by Crippen LogP contribution is 2.21. The number of aryl methyl sites for hydroxylation is 1. The van der Waals surface area contributed by atoms with Crippen LogP contribution in [0.2, 0.25) is 0 Å². The number of nitriles is 1. The third-order valence-electron chi connectivity index (χ3n) is 3.60. The minimum absolute atomic E-state index is 0.300. The van der Waals surface area contributed by atoms with Crippen molar-refractivity contribution in [2.45, 2.75) is 25.7 Å². The molecular weight excluding hydrogens is 356 g/mol. The van der Waals surface area contributed by atoms with Crippen molar-refractivity contribution in [3.05, 3.63) is 76.9 Å². The Balaban J connectivity index is 2.18. The van der Waals surface area contributed by atoms with E-state index in [4.69, 9.17) is 4.74 Å². The van der Waals surface area contributed by atoms with E-state index in [1.54, 1.807) is 18.2 Å². The average molecular weight is 378 g/mol. The van der Waals surface area contributed by atoms with Gasteiger partial charge in [0.25, 0.3) is 0 Å². The molecule has 0 saturated heterocycles. The van der Waals surface area contributed by atoms with E-state index in [-0.39, 0.29) is 0 Å². The van der Waals surface area contributed by atoms with Crippen LogP contribution in [-0.4, -0.2) is 17.0 Å². The van der Waals surface area contributed by atoms with Crippen LogP contribution in [0.15, 0.2) is 75.0 Å². The predicted octanol–water partition coefficient (Wildman–Crippen LogP) is 5.04. The molecule has 0 fully saturated rings. The molecule has 2 aromatic carbocycles. The summed E-state index contributed by atoms with van der Waals surface area (Å²) in [6, 6.07) is 16.8. The fraction of sp³-hybridized carbons (Fsp3) is 0.182. The van der Waals surface area contributed by atoms with Crippen LogP contribution in [-0.2, 0) is 11.0 Å². The van der Waals surface area contributed by atoms with Crippen molar-refractivity contribution in [2.75, 3.05) is 6.61 Å². The van der Waals surface area contributed by atoms with Crippen LogP contribution in [0.1, 0.15) is 25.0 Å². The minimum Gasteiger partial charge on any atom is -0.489 e. The molecular formula is C22H22N2O2S. The van der Waals surface area contributed by atoms with E-state index >= 15 is 0 Å². The van der Waals surface area contributed by atoms with Gasteiger partial charge in [0.2, 0.25) is 0 Å². The van der Waals surface area contributed by atoms with E-state index in [1.165, 1.54) is 11.8 Å². The van der Waals surface area contributed by atoms with Crippen LogP contribution < -0.4 is 4.74 Å². The highest BCUT2D eigenvalue weighted by Gasteiger charge is 2.04. The number of rotatable bonds is 7. The first-order chi connectivity index (χ1) is 13.0. The lowest BCUT2D eigenvalue weighted by atomic mass is 10.1. The monoisotopic (exact) mass is 378 g/mol. The molecule has 0 amide bonds. The normalized spacial score (nSPS) is 12.4. The molecule has 0 aliphatic heterocycles. The maximum absolute atomic E-state index is 12.2. The smallest absolute Gasteiger partial charge is 0.172 e. The third-order valence-corrected chi connectivity index (χ3v) is 4.57. The largest absolute Gasteiger partial charge is 0.489 e. The van der Waals surface area contributed by atoms with Crippen LogP contribution in [0.4, 0.5) is 0 Å². The first kappa shape index (κ1) is 20.3. The number of hydrogen-bond acceptors (Lipinski definition) is 3. The van der Waals surface area contributed by atoms with Crippen LogP contribution in [0, 0.1) is 18.3 Å². The first-order valence-corrected chi connectivity index (χ1v) is 9.60. The van der Waals surface area contributed by atoms with Gasteiger partial charge in [-0.1, -0.05) is 41.5 Å². The molecule has 138 valence electrons. The van der Waals surface area contributed by atoms with E-state index in [0.717, 1.165) is 11.1 Å². The van der Waals surface area contributed by atoms with Gasteiger partial charge in [-0.15, -0.1) is 0 Å². The first-order valence-electron chi connectivity index (χ1n) is 8.49. The topological polar surface area (TPSA) is 62.4 Å². The Hall–Kier alpha value is -2.97. The van der Waals surface area contributed by atoms with Gasteiger partial charge in [-0.05, 0) is 51.1 Å². The summed E-state index contributed by atoms with van der Waals surface area (Å²) in [5.74, 6) is 0.677. The molecule has 0 aliphatic carbocycles. The molecule has 0 radical (unpaired) electrons. The van der Waals surface area contributed by atoms with Gasteiger partial charge >= 0.3 is 0 Å². The van der Waals surface area contributed by atoms with Crippen molar-refractivity contribution < 1.29 is 8.95 Å². The van der Waals surface area contributed by atoms with Crippen molar-refractivity contribution in [3.8, 4) is 11.8 Å². The summed E-state index contributed by atoms with van der Waals surface area (Å²) >= 11 is 0. The number of benzene rings is 2. The summed E-state index contributed by atoms with van der Waals surface area (Å²) in [6.45, 7) is 6.44. The molecule has 1 atom stereocenters. The van der Waals surface area contributed by atoms with Crippen molar-refractivity contribution in [2.24, 2.45) is 4.40 Å². The molecule has 0 aromatic heterocycles. The number of allylic oxidation sites excluding steroid dienone is 2. The van der Waals surface area contributed by atoms with Gasteiger partial charge in [0, 0.05) is 5.56 Å². The number of ether oxygens (including phenoxy) is 1. The van der Waals surface area contributed by atoms with Crippen LogP contribution in [0.5, 0.6) is 5.75 Å². The fourth-order valence-corrected chi connectivity index (χ4v) is 2.82. The van der Waals surface area contributed by atoms with Gasteiger partial charge in [-0.3, -0.25) is 0 Å². The predicted molar refractivity (Wildman–Crippen MR) is 111 cm³/mol. The van der Waals surface area contributed by atoms with E-state index in [2.05, 4.69) is 10.5 Å². The number of para-hydroxylation sites is 1. The minimum atomic E-state index is -1.55. The highest BCUT2D eigenvalue weighted by molar-refractivity contribution is 7.83. The Morgan fingerprint density at radius 1 is 1.19 bits per heavy atom. The fourth-order valence-electron chi connectivity index (χ4n) is 2.12. The average Bonchev–Trinajstić information content (AvgIpc) is 2.66. The summed E-state index contributed by atoms with van der Waals surface area (Å²) in [7, 11) is -1.55. The second-order valence-electron chi connectivity index (χ2n) is 6.14. The summed E-state index contributed by atoms with van der Waals surface area (Å²) < 4.78 is 22.0. The zero-order valence-corrected chi connectivity index (χ0v) is 16.5. The molecule has 0 aliphatic rings. The van der Waals surface area contributed by atoms with Crippen LogP contribution in [0.3, 0.4) is 0 Å². The molecule has 2 rings (SSSR count). The lowest BCUT2D eigenvalue weighted by Crippen LogP contribution is -1.96. The maximum Gasteiger partial charge on any atom is 0.172 e. The summed E-state index contributed by atoms with van der Waals surface area (Å²) in [6.07, 6.45) is 4.99. The Morgan fingerprint density at radius 2 is 1.89 bits per heavy atom. The summed E-state index contributed by atoms with van der Waals surface area (Å²) in [5.41, 5.74) is 3.33. The molecule has 0 bridgehead atoms.